The maximum Gasteiger partial charge on any atom is 0.247 e. The molecule has 2 rings (SSSR count). The zero-order chi connectivity index (χ0) is 16.5. The van der Waals surface area contributed by atoms with Gasteiger partial charge in [-0.05, 0) is 55.9 Å². The van der Waals surface area contributed by atoms with E-state index in [4.69, 9.17) is 4.74 Å². The Balaban J connectivity index is 2.56. The molecule has 4 nitrogen and oxygen atoms in total. The number of benzene rings is 1. The van der Waals surface area contributed by atoms with Crippen molar-refractivity contribution in [3.05, 3.63) is 23.3 Å². The molecule has 0 spiro atoms. The van der Waals surface area contributed by atoms with E-state index in [0.29, 0.717) is 17.2 Å². The van der Waals surface area contributed by atoms with Crippen LogP contribution in [0, 0.1) is 6.92 Å². The van der Waals surface area contributed by atoms with Crippen molar-refractivity contribution in [3.8, 4) is 5.75 Å². The number of hydrogen-bond acceptors (Lipinski definition) is 3. The van der Waals surface area contributed by atoms with Gasteiger partial charge in [0, 0.05) is 12.6 Å². The molecule has 0 amide bonds. The first-order valence-corrected chi connectivity index (χ1v) is 9.43. The van der Waals surface area contributed by atoms with Crippen LogP contribution >= 0.6 is 0 Å². The van der Waals surface area contributed by atoms with Gasteiger partial charge in [-0.3, -0.25) is 0 Å². The molecule has 0 aromatic heterocycles. The van der Waals surface area contributed by atoms with E-state index in [1.54, 1.807) is 10.4 Å². The number of methoxy groups -OCH3 is 1. The summed E-state index contributed by atoms with van der Waals surface area (Å²) in [4.78, 5) is 0.304. The van der Waals surface area contributed by atoms with Crippen LogP contribution in [0.3, 0.4) is 0 Å². The molecule has 0 unspecified atom stereocenters. The van der Waals surface area contributed by atoms with Crippen LogP contribution in [0.25, 0.3) is 0 Å². The lowest BCUT2D eigenvalue weighted by Crippen LogP contribution is -2.42. The van der Waals surface area contributed by atoms with Crippen LogP contribution in [-0.2, 0) is 10.0 Å². The summed E-state index contributed by atoms with van der Waals surface area (Å²) >= 11 is 0. The molecular weight excluding hydrogens is 298 g/mol. The number of aryl methyl sites for hydroxylation is 1. The summed E-state index contributed by atoms with van der Waals surface area (Å²) in [5, 5.41) is 0. The van der Waals surface area contributed by atoms with Crippen molar-refractivity contribution in [2.24, 2.45) is 0 Å². The van der Waals surface area contributed by atoms with Crippen LogP contribution in [0.1, 0.15) is 57.1 Å². The summed E-state index contributed by atoms with van der Waals surface area (Å²) in [6.45, 7) is 8.74. The van der Waals surface area contributed by atoms with E-state index < -0.39 is 10.0 Å². The van der Waals surface area contributed by atoms with Gasteiger partial charge in [-0.2, -0.15) is 4.31 Å². The van der Waals surface area contributed by atoms with Crippen molar-refractivity contribution in [3.63, 3.8) is 0 Å². The van der Waals surface area contributed by atoms with Crippen LogP contribution in [0.2, 0.25) is 0 Å². The normalized spacial score (nSPS) is 20.4. The molecule has 0 saturated carbocycles. The lowest BCUT2D eigenvalue weighted by atomic mass is 9.98. The van der Waals surface area contributed by atoms with Gasteiger partial charge in [0.05, 0.1) is 7.11 Å². The third-order valence-electron chi connectivity index (χ3n) is 4.50. The molecule has 1 aliphatic rings. The van der Waals surface area contributed by atoms with E-state index in [0.717, 1.165) is 30.4 Å². The molecule has 0 N–H and O–H groups in total. The van der Waals surface area contributed by atoms with Crippen molar-refractivity contribution in [1.29, 1.82) is 0 Å². The van der Waals surface area contributed by atoms with Crippen molar-refractivity contribution in [2.75, 3.05) is 13.7 Å². The fraction of sp³-hybridized carbons (Fsp3) is 0.647. The summed E-state index contributed by atoms with van der Waals surface area (Å²) < 4.78 is 33.2. The summed E-state index contributed by atoms with van der Waals surface area (Å²) in [5.74, 6) is 0.721. The Morgan fingerprint density at radius 3 is 2.50 bits per heavy atom. The highest BCUT2D eigenvalue weighted by Gasteiger charge is 2.33. The highest BCUT2D eigenvalue weighted by atomic mass is 32.2. The van der Waals surface area contributed by atoms with E-state index in [2.05, 4.69) is 13.8 Å². The predicted molar refractivity (Wildman–Crippen MR) is 89.0 cm³/mol. The summed E-state index contributed by atoms with van der Waals surface area (Å²) in [6.07, 6.45) is 2.94. The van der Waals surface area contributed by atoms with E-state index in [9.17, 15) is 8.42 Å². The highest BCUT2D eigenvalue weighted by Crippen LogP contribution is 2.34. The minimum atomic E-state index is -3.52. The van der Waals surface area contributed by atoms with Crippen molar-refractivity contribution in [1.82, 2.24) is 4.31 Å². The van der Waals surface area contributed by atoms with Gasteiger partial charge in [-0.1, -0.05) is 20.3 Å². The standard InChI is InChI=1S/C17H27NO3S/c1-12(2)15-11-17(16(21-5)10-13(15)3)22(19,20)18-9-7-6-8-14(18)4/h10-12,14H,6-9H2,1-5H3/t14-/m1/s1. The number of hydrogen-bond donors (Lipinski definition) is 0. The first-order valence-electron chi connectivity index (χ1n) is 7.99. The van der Waals surface area contributed by atoms with Crippen molar-refractivity contribution >= 4 is 10.0 Å². The largest absolute Gasteiger partial charge is 0.495 e. The quantitative estimate of drug-likeness (QED) is 0.848. The molecule has 0 bridgehead atoms. The lowest BCUT2D eigenvalue weighted by Gasteiger charge is -2.33. The van der Waals surface area contributed by atoms with Gasteiger partial charge >= 0.3 is 0 Å². The van der Waals surface area contributed by atoms with E-state index >= 15 is 0 Å². The number of ether oxygens (including phenoxy) is 1. The zero-order valence-corrected chi connectivity index (χ0v) is 15.0. The Labute approximate surface area is 134 Å². The fourth-order valence-electron chi connectivity index (χ4n) is 3.22. The zero-order valence-electron chi connectivity index (χ0n) is 14.2. The summed E-state index contributed by atoms with van der Waals surface area (Å²) in [5.41, 5.74) is 2.13. The Morgan fingerprint density at radius 2 is 1.95 bits per heavy atom. The van der Waals surface area contributed by atoms with Crippen LogP contribution in [0.4, 0.5) is 0 Å². The minimum absolute atomic E-state index is 0.0484. The fourth-order valence-corrected chi connectivity index (χ4v) is 5.09. The van der Waals surface area contributed by atoms with Gasteiger partial charge in [0.25, 0.3) is 0 Å². The summed E-state index contributed by atoms with van der Waals surface area (Å²) in [6, 6.07) is 3.69. The van der Waals surface area contributed by atoms with Crippen LogP contribution in [0.5, 0.6) is 5.75 Å². The topological polar surface area (TPSA) is 46.6 Å². The Bertz CT molecular complexity index is 638. The van der Waals surface area contributed by atoms with Gasteiger partial charge in [0.15, 0.2) is 0 Å². The molecule has 22 heavy (non-hydrogen) atoms. The van der Waals surface area contributed by atoms with Crippen LogP contribution in [-0.4, -0.2) is 32.4 Å². The molecule has 1 atom stereocenters. The van der Waals surface area contributed by atoms with Gasteiger partial charge in [-0.25, -0.2) is 8.42 Å². The van der Waals surface area contributed by atoms with E-state index in [1.165, 1.54) is 7.11 Å². The number of piperidine rings is 1. The number of nitrogens with zero attached hydrogens (tertiary/aromatic N) is 1. The van der Waals surface area contributed by atoms with Crippen LogP contribution < -0.4 is 4.74 Å². The Kier molecular flexibility index (Phi) is 5.17. The third-order valence-corrected chi connectivity index (χ3v) is 6.54. The van der Waals surface area contributed by atoms with Crippen molar-refractivity contribution < 1.29 is 13.2 Å². The monoisotopic (exact) mass is 325 g/mol. The minimum Gasteiger partial charge on any atom is -0.495 e. The summed E-state index contributed by atoms with van der Waals surface area (Å²) in [7, 11) is -1.99. The molecule has 0 radical (unpaired) electrons. The predicted octanol–water partition coefficient (Wildman–Crippen LogP) is 3.69. The Morgan fingerprint density at radius 1 is 1.27 bits per heavy atom. The molecule has 1 aromatic rings. The highest BCUT2D eigenvalue weighted by molar-refractivity contribution is 7.89. The first kappa shape index (κ1) is 17.3. The SMILES string of the molecule is COc1cc(C)c(C(C)C)cc1S(=O)(=O)N1CCCC[C@H]1C. The average molecular weight is 325 g/mol. The van der Waals surface area contributed by atoms with Crippen molar-refractivity contribution in [2.45, 2.75) is 63.8 Å². The van der Waals surface area contributed by atoms with Crippen LogP contribution in [0.15, 0.2) is 17.0 Å². The van der Waals surface area contributed by atoms with Gasteiger partial charge in [0.1, 0.15) is 10.6 Å². The second kappa shape index (κ2) is 6.59. The van der Waals surface area contributed by atoms with Gasteiger partial charge in [0.2, 0.25) is 10.0 Å². The number of rotatable bonds is 4. The second-order valence-electron chi connectivity index (χ2n) is 6.47. The molecule has 1 heterocycles. The molecular formula is C17H27NO3S. The lowest BCUT2D eigenvalue weighted by molar-refractivity contribution is 0.267. The van der Waals surface area contributed by atoms with Gasteiger partial charge < -0.3 is 4.74 Å². The molecule has 1 fully saturated rings. The number of sulfonamides is 1. The molecule has 1 aromatic carbocycles. The maximum absolute atomic E-state index is 13.1. The first-order chi connectivity index (χ1) is 10.3. The maximum atomic E-state index is 13.1. The molecule has 5 heteroatoms. The van der Waals surface area contributed by atoms with E-state index in [-0.39, 0.29) is 12.0 Å². The smallest absolute Gasteiger partial charge is 0.247 e. The van der Waals surface area contributed by atoms with E-state index in [1.807, 2.05) is 19.9 Å². The second-order valence-corrected chi connectivity index (χ2v) is 8.33. The third kappa shape index (κ3) is 3.15. The Hall–Kier alpha value is -1.07. The van der Waals surface area contributed by atoms with Gasteiger partial charge in [-0.15, -0.1) is 0 Å². The average Bonchev–Trinajstić information content (AvgIpc) is 2.46. The molecule has 1 aliphatic heterocycles. The molecule has 1 saturated heterocycles. The molecule has 0 aliphatic carbocycles. The molecule has 124 valence electrons.